The summed E-state index contributed by atoms with van der Waals surface area (Å²) < 4.78 is 38.5. The van der Waals surface area contributed by atoms with Crippen LogP contribution >= 0.6 is 28.3 Å². The topological polar surface area (TPSA) is 90.7 Å². The van der Waals surface area contributed by atoms with E-state index in [-0.39, 0.29) is 29.6 Å². The van der Waals surface area contributed by atoms with Crippen LogP contribution in [0.5, 0.6) is 11.5 Å². The molecule has 0 saturated carbocycles. The van der Waals surface area contributed by atoms with Crippen molar-refractivity contribution in [3.8, 4) is 11.5 Å². The fraction of sp³-hybridized carbons (Fsp3) is 0.571. The molecule has 0 unspecified atom stereocenters. The normalized spacial score (nSPS) is 11.7. The third-order valence-corrected chi connectivity index (χ3v) is 5.79. The van der Waals surface area contributed by atoms with Gasteiger partial charge in [-0.1, -0.05) is 13.8 Å². The average molecular weight is 432 g/mol. The lowest BCUT2D eigenvalue weighted by Gasteiger charge is -2.27. The van der Waals surface area contributed by atoms with Crippen LogP contribution < -0.4 is 19.9 Å². The predicted molar refractivity (Wildman–Crippen MR) is 97.2 cm³/mol. The lowest BCUT2D eigenvalue weighted by Crippen LogP contribution is -2.49. The Kier molecular flexibility index (Phi) is 8.86. The Morgan fingerprint density at radius 2 is 1.70 bits per heavy atom. The van der Waals surface area contributed by atoms with Crippen molar-refractivity contribution in [3.63, 3.8) is 0 Å². The van der Waals surface area contributed by atoms with Gasteiger partial charge in [0, 0.05) is 18.2 Å². The van der Waals surface area contributed by atoms with Gasteiger partial charge in [-0.25, -0.2) is 13.1 Å². The zero-order chi connectivity index (χ0) is 17.0. The van der Waals surface area contributed by atoms with Crippen molar-refractivity contribution in [3.05, 3.63) is 16.6 Å². The van der Waals surface area contributed by atoms with E-state index >= 15 is 0 Å². The van der Waals surface area contributed by atoms with Crippen LogP contribution in [0.1, 0.15) is 26.7 Å². The van der Waals surface area contributed by atoms with Crippen molar-refractivity contribution >= 4 is 38.4 Å². The van der Waals surface area contributed by atoms with E-state index in [0.717, 1.165) is 0 Å². The standard InChI is InChI=1S/C14H23BrN2O4S.ClH/c1-5-14(16,6-2)9-17-22(18,19)13-7-10(15)11(20-3)8-12(13)21-4;/h7-8,17H,5-6,9,16H2,1-4H3;1H. The Balaban J connectivity index is 0.00000484. The first-order chi connectivity index (χ1) is 10.2. The Hall–Kier alpha value is -0.540. The second-order valence-corrected chi connectivity index (χ2v) is 7.62. The highest BCUT2D eigenvalue weighted by Gasteiger charge is 2.27. The molecule has 0 radical (unpaired) electrons. The van der Waals surface area contributed by atoms with E-state index in [1.54, 1.807) is 0 Å². The molecule has 0 fully saturated rings. The zero-order valence-electron chi connectivity index (χ0n) is 13.7. The molecular formula is C14H24BrClN2O4S. The molecule has 0 aliphatic rings. The van der Waals surface area contributed by atoms with Crippen LogP contribution in [0.4, 0.5) is 0 Å². The summed E-state index contributed by atoms with van der Waals surface area (Å²) in [5.41, 5.74) is 5.58. The van der Waals surface area contributed by atoms with Crippen molar-refractivity contribution < 1.29 is 17.9 Å². The van der Waals surface area contributed by atoms with Crippen molar-refractivity contribution in [2.45, 2.75) is 37.1 Å². The third kappa shape index (κ3) is 5.49. The van der Waals surface area contributed by atoms with Crippen LogP contribution in [-0.2, 0) is 10.0 Å². The van der Waals surface area contributed by atoms with Crippen molar-refractivity contribution in [2.24, 2.45) is 5.73 Å². The number of ether oxygens (including phenoxy) is 2. The monoisotopic (exact) mass is 430 g/mol. The SMILES string of the molecule is CCC(N)(CC)CNS(=O)(=O)c1cc(Br)c(OC)cc1OC.Cl. The van der Waals surface area contributed by atoms with Gasteiger partial charge in [-0.3, -0.25) is 0 Å². The maximum atomic E-state index is 12.5. The first kappa shape index (κ1) is 22.5. The van der Waals surface area contributed by atoms with Gasteiger partial charge in [0.25, 0.3) is 0 Å². The van der Waals surface area contributed by atoms with E-state index in [9.17, 15) is 8.42 Å². The van der Waals surface area contributed by atoms with Gasteiger partial charge in [-0.15, -0.1) is 12.4 Å². The fourth-order valence-electron chi connectivity index (χ4n) is 1.86. The largest absolute Gasteiger partial charge is 0.495 e. The molecule has 0 aliphatic heterocycles. The van der Waals surface area contributed by atoms with Gasteiger partial charge in [0.1, 0.15) is 16.4 Å². The summed E-state index contributed by atoms with van der Waals surface area (Å²) in [5, 5.41) is 0. The summed E-state index contributed by atoms with van der Waals surface area (Å²) in [4.78, 5) is 0.0391. The smallest absolute Gasteiger partial charge is 0.244 e. The molecule has 9 heteroatoms. The lowest BCUT2D eigenvalue weighted by molar-refractivity contribution is 0.381. The average Bonchev–Trinajstić information content (AvgIpc) is 2.52. The maximum Gasteiger partial charge on any atom is 0.244 e. The molecule has 0 atom stereocenters. The minimum absolute atomic E-state index is 0. The van der Waals surface area contributed by atoms with Crippen LogP contribution in [-0.4, -0.2) is 34.7 Å². The lowest BCUT2D eigenvalue weighted by atomic mass is 9.95. The van der Waals surface area contributed by atoms with Gasteiger partial charge in [0.05, 0.1) is 18.7 Å². The highest BCUT2D eigenvalue weighted by atomic mass is 79.9. The Morgan fingerprint density at radius 3 is 2.13 bits per heavy atom. The van der Waals surface area contributed by atoms with E-state index in [4.69, 9.17) is 15.2 Å². The number of nitrogens with two attached hydrogens (primary N) is 1. The fourth-order valence-corrected chi connectivity index (χ4v) is 3.83. The molecule has 1 aromatic carbocycles. The molecule has 0 heterocycles. The summed E-state index contributed by atoms with van der Waals surface area (Å²) in [6, 6.07) is 2.98. The summed E-state index contributed by atoms with van der Waals surface area (Å²) in [7, 11) is -0.837. The minimum Gasteiger partial charge on any atom is -0.495 e. The summed E-state index contributed by atoms with van der Waals surface area (Å²) in [6.45, 7) is 4.03. The van der Waals surface area contributed by atoms with Gasteiger partial charge in [-0.05, 0) is 34.8 Å². The van der Waals surface area contributed by atoms with E-state index in [0.29, 0.717) is 23.1 Å². The van der Waals surface area contributed by atoms with Crippen molar-refractivity contribution in [2.75, 3.05) is 20.8 Å². The van der Waals surface area contributed by atoms with Gasteiger partial charge < -0.3 is 15.2 Å². The molecule has 0 amide bonds. The number of nitrogens with one attached hydrogen (secondary N) is 1. The van der Waals surface area contributed by atoms with Gasteiger partial charge in [0.15, 0.2) is 0 Å². The van der Waals surface area contributed by atoms with Crippen LogP contribution in [0, 0.1) is 0 Å². The Labute approximate surface area is 152 Å². The number of sulfonamides is 1. The number of halogens is 2. The molecule has 23 heavy (non-hydrogen) atoms. The molecule has 0 aliphatic carbocycles. The summed E-state index contributed by atoms with van der Waals surface area (Å²) >= 11 is 3.28. The number of benzene rings is 1. The Bertz CT molecular complexity index is 621. The van der Waals surface area contributed by atoms with E-state index in [1.807, 2.05) is 13.8 Å². The van der Waals surface area contributed by atoms with Crippen molar-refractivity contribution in [1.82, 2.24) is 4.72 Å². The highest BCUT2D eigenvalue weighted by molar-refractivity contribution is 9.10. The summed E-state index contributed by atoms with van der Waals surface area (Å²) in [5.74, 6) is 0.703. The highest BCUT2D eigenvalue weighted by Crippen LogP contribution is 2.35. The maximum absolute atomic E-state index is 12.5. The molecule has 1 aromatic rings. The molecule has 1 rings (SSSR count). The first-order valence-corrected chi connectivity index (χ1v) is 9.20. The number of rotatable bonds is 8. The zero-order valence-corrected chi connectivity index (χ0v) is 16.9. The summed E-state index contributed by atoms with van der Waals surface area (Å²) in [6.07, 6.45) is 1.35. The number of methoxy groups -OCH3 is 2. The minimum atomic E-state index is -3.74. The first-order valence-electron chi connectivity index (χ1n) is 6.93. The third-order valence-electron chi connectivity index (χ3n) is 3.75. The number of hydrogen-bond donors (Lipinski definition) is 2. The Morgan fingerprint density at radius 1 is 1.17 bits per heavy atom. The molecule has 0 spiro atoms. The number of hydrogen-bond acceptors (Lipinski definition) is 5. The van der Waals surface area contributed by atoms with Crippen LogP contribution in [0.2, 0.25) is 0 Å². The molecule has 0 saturated heterocycles. The van der Waals surface area contributed by atoms with Crippen LogP contribution in [0.3, 0.4) is 0 Å². The van der Waals surface area contributed by atoms with Gasteiger partial charge >= 0.3 is 0 Å². The van der Waals surface area contributed by atoms with E-state index in [1.165, 1.54) is 26.4 Å². The van der Waals surface area contributed by atoms with Crippen LogP contribution in [0.15, 0.2) is 21.5 Å². The quantitative estimate of drug-likeness (QED) is 0.660. The molecule has 6 nitrogen and oxygen atoms in total. The second kappa shape index (κ2) is 9.08. The van der Waals surface area contributed by atoms with Crippen molar-refractivity contribution in [1.29, 1.82) is 0 Å². The molecule has 3 N–H and O–H groups in total. The molecular weight excluding hydrogens is 408 g/mol. The molecule has 0 bridgehead atoms. The van der Waals surface area contributed by atoms with Gasteiger partial charge in [0.2, 0.25) is 10.0 Å². The van der Waals surface area contributed by atoms with Crippen LogP contribution in [0.25, 0.3) is 0 Å². The van der Waals surface area contributed by atoms with E-state index in [2.05, 4.69) is 20.7 Å². The van der Waals surface area contributed by atoms with Gasteiger partial charge in [-0.2, -0.15) is 0 Å². The van der Waals surface area contributed by atoms with E-state index < -0.39 is 15.6 Å². The second-order valence-electron chi connectivity index (χ2n) is 5.03. The molecule has 0 aromatic heterocycles. The molecule has 134 valence electrons. The predicted octanol–water partition coefficient (Wildman–Crippen LogP) is 2.68.